The molecule has 0 unspecified atom stereocenters. The number of nitrogens with one attached hydrogen (secondary N) is 2. The van der Waals surface area contributed by atoms with Gasteiger partial charge in [-0.2, -0.15) is 13.2 Å². The van der Waals surface area contributed by atoms with E-state index in [1.54, 1.807) is 17.7 Å². The first-order valence-corrected chi connectivity index (χ1v) is 11.5. The molecule has 2 aromatic heterocycles. The van der Waals surface area contributed by atoms with Crippen molar-refractivity contribution in [1.29, 1.82) is 0 Å². The molecule has 37 heavy (non-hydrogen) atoms. The lowest BCUT2D eigenvalue weighted by molar-refractivity contribution is -0.141. The Bertz CT molecular complexity index is 1530. The van der Waals surface area contributed by atoms with Crippen LogP contribution < -0.4 is 15.4 Å². The number of fused-ring (bicyclic) bond motifs is 3. The minimum absolute atomic E-state index is 0.0589. The van der Waals surface area contributed by atoms with E-state index in [1.807, 2.05) is 13.8 Å². The van der Waals surface area contributed by atoms with Crippen molar-refractivity contribution >= 4 is 45.9 Å². The van der Waals surface area contributed by atoms with Gasteiger partial charge in [0.1, 0.15) is 22.9 Å². The molecule has 1 aliphatic heterocycles. The van der Waals surface area contributed by atoms with Crippen molar-refractivity contribution in [2.24, 2.45) is 7.05 Å². The third-order valence-corrected chi connectivity index (χ3v) is 6.26. The van der Waals surface area contributed by atoms with Crippen molar-refractivity contribution in [2.75, 3.05) is 10.6 Å². The number of benzene rings is 2. The summed E-state index contributed by atoms with van der Waals surface area (Å²) in [5.41, 5.74) is 0.444. The standard InChI is InChI=1S/C25H20ClF4N5O2/c1-24(2)10-14-20-17(33-23(35(20)3)34-19-15(26)5-4-6-16(19)27)9-13(21(14)37-24)22(36)32-12-7-8-18(31-11-12)25(28,29)30/h4-9,11H,10H2,1-3H3,(H,32,36)(H,33,34). The monoisotopic (exact) mass is 533 g/mol. The van der Waals surface area contributed by atoms with Crippen molar-refractivity contribution in [2.45, 2.75) is 32.0 Å². The number of carbonyl (C=O) groups excluding carboxylic acids is 1. The maximum Gasteiger partial charge on any atom is 0.433 e. The van der Waals surface area contributed by atoms with Crippen LogP contribution in [0.2, 0.25) is 5.02 Å². The molecule has 5 rings (SSSR count). The van der Waals surface area contributed by atoms with Gasteiger partial charge in [-0.1, -0.05) is 17.7 Å². The van der Waals surface area contributed by atoms with Gasteiger partial charge in [0.15, 0.2) is 0 Å². The maximum atomic E-state index is 14.4. The Morgan fingerprint density at radius 1 is 1.22 bits per heavy atom. The molecule has 4 aromatic rings. The molecule has 0 spiro atoms. The Morgan fingerprint density at radius 3 is 2.62 bits per heavy atom. The first kappa shape index (κ1) is 24.8. The summed E-state index contributed by atoms with van der Waals surface area (Å²) in [5, 5.41) is 5.66. The number of alkyl halides is 3. The van der Waals surface area contributed by atoms with E-state index in [1.165, 1.54) is 18.2 Å². The number of hydrogen-bond donors (Lipinski definition) is 2. The summed E-state index contributed by atoms with van der Waals surface area (Å²) in [6.45, 7) is 3.74. The highest BCUT2D eigenvalue weighted by Crippen LogP contribution is 2.43. The van der Waals surface area contributed by atoms with Crippen LogP contribution >= 0.6 is 11.6 Å². The van der Waals surface area contributed by atoms with Crippen molar-refractivity contribution in [3.63, 3.8) is 0 Å². The summed E-state index contributed by atoms with van der Waals surface area (Å²) in [6, 6.07) is 7.73. The Hall–Kier alpha value is -3.86. The number of hydrogen-bond acceptors (Lipinski definition) is 5. The molecule has 2 aromatic carbocycles. The average Bonchev–Trinajstić information content (AvgIpc) is 3.30. The Balaban J connectivity index is 1.55. The normalized spacial score (nSPS) is 14.4. The molecule has 12 heteroatoms. The highest BCUT2D eigenvalue weighted by Gasteiger charge is 2.37. The lowest BCUT2D eigenvalue weighted by atomic mass is 9.98. The SMILES string of the molecule is Cn1c(Nc2c(F)cccc2Cl)nc2cc(C(=O)Nc3ccc(C(F)(F)F)nc3)c3c(c21)CC(C)(C)O3. The Kier molecular flexibility index (Phi) is 5.78. The molecule has 0 bridgehead atoms. The number of rotatable bonds is 4. The predicted octanol–water partition coefficient (Wildman–Crippen LogP) is 6.49. The van der Waals surface area contributed by atoms with Gasteiger partial charge in [0, 0.05) is 19.0 Å². The molecule has 0 radical (unpaired) electrons. The zero-order valence-electron chi connectivity index (χ0n) is 19.8. The summed E-state index contributed by atoms with van der Waals surface area (Å²) in [5.74, 6) is -0.527. The molecule has 0 atom stereocenters. The molecule has 0 fully saturated rings. The van der Waals surface area contributed by atoms with E-state index < -0.39 is 29.2 Å². The van der Waals surface area contributed by atoms with Crippen molar-refractivity contribution in [3.05, 3.63) is 70.3 Å². The maximum absolute atomic E-state index is 14.4. The number of aromatic nitrogens is 3. The summed E-state index contributed by atoms with van der Waals surface area (Å²) in [4.78, 5) is 21.2. The van der Waals surface area contributed by atoms with Crippen molar-refractivity contribution < 1.29 is 27.1 Å². The zero-order chi connectivity index (χ0) is 26.7. The van der Waals surface area contributed by atoms with E-state index in [4.69, 9.17) is 16.3 Å². The first-order valence-electron chi connectivity index (χ1n) is 11.1. The summed E-state index contributed by atoms with van der Waals surface area (Å²) < 4.78 is 60.7. The average molecular weight is 534 g/mol. The molecule has 0 saturated carbocycles. The van der Waals surface area contributed by atoms with Gasteiger partial charge in [0.2, 0.25) is 5.95 Å². The summed E-state index contributed by atoms with van der Waals surface area (Å²) >= 11 is 6.16. The van der Waals surface area contributed by atoms with Crippen LogP contribution in [0.1, 0.15) is 35.5 Å². The van der Waals surface area contributed by atoms with E-state index in [2.05, 4.69) is 20.6 Å². The zero-order valence-corrected chi connectivity index (χ0v) is 20.6. The lowest BCUT2D eigenvalue weighted by Gasteiger charge is -2.18. The number of para-hydroxylation sites is 1. The molecule has 1 aliphatic rings. The molecule has 3 heterocycles. The van der Waals surface area contributed by atoms with Gasteiger partial charge in [-0.3, -0.25) is 4.79 Å². The fourth-order valence-electron chi connectivity index (χ4n) is 4.31. The van der Waals surface area contributed by atoms with Crippen LogP contribution in [0.3, 0.4) is 0 Å². The number of nitrogens with zero attached hydrogens (tertiary/aromatic N) is 3. The fraction of sp³-hybridized carbons (Fsp3) is 0.240. The number of imidazole rings is 1. The third-order valence-electron chi connectivity index (χ3n) is 5.94. The summed E-state index contributed by atoms with van der Waals surface area (Å²) in [6.07, 6.45) is -3.20. The van der Waals surface area contributed by atoms with E-state index in [0.717, 1.165) is 23.9 Å². The predicted molar refractivity (Wildman–Crippen MR) is 131 cm³/mol. The minimum atomic E-state index is -4.59. The summed E-state index contributed by atoms with van der Waals surface area (Å²) in [7, 11) is 1.74. The molecule has 0 aliphatic carbocycles. The molecule has 1 amide bonds. The number of amides is 1. The number of ether oxygens (including phenoxy) is 1. The topological polar surface area (TPSA) is 81.1 Å². The van der Waals surface area contributed by atoms with Gasteiger partial charge in [-0.05, 0) is 44.2 Å². The van der Waals surface area contributed by atoms with Gasteiger partial charge in [-0.15, -0.1) is 0 Å². The third kappa shape index (κ3) is 4.55. The molecule has 7 nitrogen and oxygen atoms in total. The number of carbonyl (C=O) groups is 1. The second kappa shape index (κ2) is 8.62. The fourth-order valence-corrected chi connectivity index (χ4v) is 4.52. The Morgan fingerprint density at radius 2 is 1.97 bits per heavy atom. The van der Waals surface area contributed by atoms with E-state index in [-0.39, 0.29) is 22.0 Å². The minimum Gasteiger partial charge on any atom is -0.486 e. The van der Waals surface area contributed by atoms with Crippen LogP contribution in [0, 0.1) is 5.82 Å². The lowest BCUT2D eigenvalue weighted by Crippen LogP contribution is -2.25. The quantitative estimate of drug-likeness (QED) is 0.293. The van der Waals surface area contributed by atoms with Gasteiger partial charge in [-0.25, -0.2) is 14.4 Å². The second-order valence-electron chi connectivity index (χ2n) is 9.24. The van der Waals surface area contributed by atoms with Crippen LogP contribution in [0.25, 0.3) is 11.0 Å². The smallest absolute Gasteiger partial charge is 0.433 e. The van der Waals surface area contributed by atoms with Gasteiger partial charge in [0.25, 0.3) is 5.91 Å². The first-order chi connectivity index (χ1) is 17.3. The highest BCUT2D eigenvalue weighted by atomic mass is 35.5. The number of halogens is 5. The van der Waals surface area contributed by atoms with Crippen LogP contribution in [0.15, 0.2) is 42.6 Å². The van der Waals surface area contributed by atoms with Crippen LogP contribution in [0.5, 0.6) is 5.75 Å². The van der Waals surface area contributed by atoms with Gasteiger partial charge in [0.05, 0.1) is 39.2 Å². The Labute approximate surface area is 213 Å². The van der Waals surface area contributed by atoms with E-state index >= 15 is 0 Å². The van der Waals surface area contributed by atoms with Gasteiger partial charge >= 0.3 is 6.18 Å². The van der Waals surface area contributed by atoms with E-state index in [0.29, 0.717) is 29.2 Å². The molecular formula is C25H20ClF4N5O2. The number of aryl methyl sites for hydroxylation is 1. The highest BCUT2D eigenvalue weighted by molar-refractivity contribution is 6.33. The van der Waals surface area contributed by atoms with Crippen molar-refractivity contribution in [3.8, 4) is 5.75 Å². The van der Waals surface area contributed by atoms with E-state index in [9.17, 15) is 22.4 Å². The number of pyridine rings is 1. The largest absolute Gasteiger partial charge is 0.486 e. The molecule has 192 valence electrons. The van der Waals surface area contributed by atoms with Crippen LogP contribution in [-0.2, 0) is 19.6 Å². The second-order valence-corrected chi connectivity index (χ2v) is 9.65. The molecule has 0 saturated heterocycles. The van der Waals surface area contributed by atoms with Crippen LogP contribution in [0.4, 0.5) is 34.9 Å². The molecule has 2 N–H and O–H groups in total. The van der Waals surface area contributed by atoms with Crippen molar-refractivity contribution in [1.82, 2.24) is 14.5 Å². The number of anilines is 3. The van der Waals surface area contributed by atoms with Gasteiger partial charge < -0.3 is 19.9 Å². The van der Waals surface area contributed by atoms with Crippen LogP contribution in [-0.4, -0.2) is 26.0 Å². The molecular weight excluding hydrogens is 514 g/mol.